The molecule has 1 aliphatic heterocycles. The van der Waals surface area contributed by atoms with Gasteiger partial charge in [-0.15, -0.1) is 0 Å². The highest BCUT2D eigenvalue weighted by Gasteiger charge is 2.20. The molecule has 8 nitrogen and oxygen atoms in total. The molecule has 3 heterocycles. The van der Waals surface area contributed by atoms with Gasteiger partial charge in [-0.1, -0.05) is 19.1 Å². The maximum atomic E-state index is 12.4. The fourth-order valence-corrected chi connectivity index (χ4v) is 3.31. The molecule has 0 bridgehead atoms. The third-order valence-corrected chi connectivity index (χ3v) is 4.81. The number of aromatic nitrogens is 3. The molecule has 28 heavy (non-hydrogen) atoms. The predicted octanol–water partition coefficient (Wildman–Crippen LogP) is 2.40. The van der Waals surface area contributed by atoms with Gasteiger partial charge in [-0.25, -0.2) is 14.8 Å². The highest BCUT2D eigenvalue weighted by molar-refractivity contribution is 6.07. The van der Waals surface area contributed by atoms with Crippen LogP contribution >= 0.6 is 0 Å². The third-order valence-electron chi connectivity index (χ3n) is 4.81. The highest BCUT2D eigenvalue weighted by atomic mass is 16.5. The molecule has 3 aromatic rings. The van der Waals surface area contributed by atoms with E-state index in [1.54, 1.807) is 24.3 Å². The Labute approximate surface area is 161 Å². The zero-order chi connectivity index (χ0) is 19.7. The summed E-state index contributed by atoms with van der Waals surface area (Å²) in [4.78, 5) is 35.8. The largest absolute Gasteiger partial charge is 0.478 e. The van der Waals surface area contributed by atoms with Crippen molar-refractivity contribution >= 4 is 22.9 Å². The Kier molecular flexibility index (Phi) is 4.79. The van der Waals surface area contributed by atoms with Crippen LogP contribution in [0.5, 0.6) is 0 Å². The Morgan fingerprint density at radius 3 is 2.71 bits per heavy atom. The molecule has 4 rings (SSSR count). The first-order valence-electron chi connectivity index (χ1n) is 9.17. The van der Waals surface area contributed by atoms with E-state index in [1.807, 2.05) is 6.92 Å². The van der Waals surface area contributed by atoms with Crippen molar-refractivity contribution in [1.29, 1.82) is 0 Å². The number of hydrogen-bond donors (Lipinski definition) is 3. The van der Waals surface area contributed by atoms with Crippen molar-refractivity contribution in [3.63, 3.8) is 0 Å². The predicted molar refractivity (Wildman–Crippen MR) is 102 cm³/mol. The van der Waals surface area contributed by atoms with E-state index in [0.29, 0.717) is 47.7 Å². The third kappa shape index (κ3) is 3.34. The Morgan fingerprint density at radius 1 is 1.29 bits per heavy atom. The monoisotopic (exact) mass is 380 g/mol. The smallest absolute Gasteiger partial charge is 0.338 e. The van der Waals surface area contributed by atoms with Crippen molar-refractivity contribution in [2.75, 3.05) is 13.2 Å². The van der Waals surface area contributed by atoms with Gasteiger partial charge < -0.3 is 20.1 Å². The minimum atomic E-state index is -1.05. The number of hydrogen-bond acceptors (Lipinski definition) is 5. The number of aryl methyl sites for hydroxylation is 1. The molecule has 1 fully saturated rings. The summed E-state index contributed by atoms with van der Waals surface area (Å²) in [6, 6.07) is 7.03. The SMILES string of the molecule is CCc1nc(-c2ccc(C(=O)NC3CCOC3)cc2)c2c(C(=O)O)c[nH]c2n1. The van der Waals surface area contributed by atoms with Crippen LogP contribution in [-0.4, -0.2) is 51.2 Å². The normalized spacial score (nSPS) is 16.4. The van der Waals surface area contributed by atoms with Crippen LogP contribution in [0, 0.1) is 0 Å². The first kappa shape index (κ1) is 18.1. The van der Waals surface area contributed by atoms with E-state index in [-0.39, 0.29) is 17.5 Å². The molecule has 1 atom stereocenters. The molecule has 0 saturated carbocycles. The van der Waals surface area contributed by atoms with Gasteiger partial charge in [0.2, 0.25) is 0 Å². The van der Waals surface area contributed by atoms with Crippen LogP contribution in [0.2, 0.25) is 0 Å². The lowest BCUT2D eigenvalue weighted by Crippen LogP contribution is -2.34. The summed E-state index contributed by atoms with van der Waals surface area (Å²) in [5.74, 6) is -0.587. The average molecular weight is 380 g/mol. The number of rotatable bonds is 5. The summed E-state index contributed by atoms with van der Waals surface area (Å²) in [6.45, 7) is 3.14. The van der Waals surface area contributed by atoms with Crippen LogP contribution in [-0.2, 0) is 11.2 Å². The minimum Gasteiger partial charge on any atom is -0.478 e. The fraction of sp³-hybridized carbons (Fsp3) is 0.300. The van der Waals surface area contributed by atoms with Crippen molar-refractivity contribution in [1.82, 2.24) is 20.3 Å². The van der Waals surface area contributed by atoms with Gasteiger partial charge in [0, 0.05) is 30.4 Å². The van der Waals surface area contributed by atoms with E-state index in [9.17, 15) is 14.7 Å². The maximum Gasteiger partial charge on any atom is 0.338 e. The van der Waals surface area contributed by atoms with Crippen molar-refractivity contribution in [3.05, 3.63) is 47.4 Å². The molecule has 1 saturated heterocycles. The van der Waals surface area contributed by atoms with E-state index in [4.69, 9.17) is 4.74 Å². The topological polar surface area (TPSA) is 117 Å². The van der Waals surface area contributed by atoms with Crippen LogP contribution in [0.3, 0.4) is 0 Å². The van der Waals surface area contributed by atoms with Crippen LogP contribution in [0.4, 0.5) is 0 Å². The van der Waals surface area contributed by atoms with Crippen molar-refractivity contribution in [2.24, 2.45) is 0 Å². The van der Waals surface area contributed by atoms with Crippen LogP contribution in [0.25, 0.3) is 22.3 Å². The summed E-state index contributed by atoms with van der Waals surface area (Å²) in [5, 5.41) is 12.9. The van der Waals surface area contributed by atoms with Crippen molar-refractivity contribution in [3.8, 4) is 11.3 Å². The molecule has 0 spiro atoms. The maximum absolute atomic E-state index is 12.4. The number of H-pyrrole nitrogens is 1. The quantitative estimate of drug-likeness (QED) is 0.626. The van der Waals surface area contributed by atoms with E-state index in [2.05, 4.69) is 20.3 Å². The molecule has 3 N–H and O–H groups in total. The van der Waals surface area contributed by atoms with Gasteiger partial charge in [-0.3, -0.25) is 4.79 Å². The average Bonchev–Trinajstić information content (AvgIpc) is 3.36. The lowest BCUT2D eigenvalue weighted by atomic mass is 10.0. The zero-order valence-corrected chi connectivity index (χ0v) is 15.4. The van der Waals surface area contributed by atoms with Crippen LogP contribution in [0.1, 0.15) is 39.9 Å². The van der Waals surface area contributed by atoms with Crippen LogP contribution in [0.15, 0.2) is 30.5 Å². The first-order valence-corrected chi connectivity index (χ1v) is 9.17. The number of nitrogens with one attached hydrogen (secondary N) is 2. The molecule has 1 aromatic carbocycles. The molecular weight excluding hydrogens is 360 g/mol. The van der Waals surface area contributed by atoms with Crippen molar-refractivity contribution in [2.45, 2.75) is 25.8 Å². The molecule has 1 amide bonds. The molecule has 0 radical (unpaired) electrons. The summed E-state index contributed by atoms with van der Waals surface area (Å²) in [5.41, 5.74) is 2.41. The molecule has 1 aliphatic rings. The molecule has 2 aromatic heterocycles. The van der Waals surface area contributed by atoms with Gasteiger partial charge in [0.05, 0.1) is 29.3 Å². The number of benzene rings is 1. The Bertz CT molecular complexity index is 1040. The zero-order valence-electron chi connectivity index (χ0n) is 15.4. The Morgan fingerprint density at radius 2 is 2.07 bits per heavy atom. The highest BCUT2D eigenvalue weighted by Crippen LogP contribution is 2.29. The molecule has 144 valence electrons. The number of aromatic amines is 1. The van der Waals surface area contributed by atoms with E-state index < -0.39 is 5.97 Å². The molecule has 0 aliphatic carbocycles. The van der Waals surface area contributed by atoms with Crippen LogP contribution < -0.4 is 5.32 Å². The molecule has 1 unspecified atom stereocenters. The second-order valence-corrected chi connectivity index (χ2v) is 6.68. The number of nitrogens with zero attached hydrogens (tertiary/aromatic N) is 2. The van der Waals surface area contributed by atoms with Gasteiger partial charge in [-0.2, -0.15) is 0 Å². The summed E-state index contributed by atoms with van der Waals surface area (Å²) in [6.07, 6.45) is 2.86. The van der Waals surface area contributed by atoms with Gasteiger partial charge >= 0.3 is 5.97 Å². The fourth-order valence-electron chi connectivity index (χ4n) is 3.31. The number of carbonyl (C=O) groups is 2. The summed E-state index contributed by atoms with van der Waals surface area (Å²) in [7, 11) is 0. The number of ether oxygens (including phenoxy) is 1. The van der Waals surface area contributed by atoms with Gasteiger partial charge in [0.15, 0.2) is 0 Å². The van der Waals surface area contributed by atoms with E-state index in [0.717, 1.165) is 12.0 Å². The lowest BCUT2D eigenvalue weighted by Gasteiger charge is -2.11. The number of carboxylic acids is 1. The van der Waals surface area contributed by atoms with E-state index >= 15 is 0 Å². The lowest BCUT2D eigenvalue weighted by molar-refractivity contribution is 0.0698. The number of carboxylic acid groups (broad SMARTS) is 1. The number of amides is 1. The number of carbonyl (C=O) groups excluding carboxylic acids is 1. The Balaban J connectivity index is 1.70. The minimum absolute atomic E-state index is 0.0405. The second-order valence-electron chi connectivity index (χ2n) is 6.68. The van der Waals surface area contributed by atoms with Gasteiger partial charge in [0.1, 0.15) is 11.5 Å². The second kappa shape index (κ2) is 7.40. The summed E-state index contributed by atoms with van der Waals surface area (Å²) >= 11 is 0. The first-order chi connectivity index (χ1) is 13.6. The number of fused-ring (bicyclic) bond motifs is 1. The molecular formula is C20H20N4O4. The van der Waals surface area contributed by atoms with Gasteiger partial charge in [-0.05, 0) is 18.6 Å². The Hall–Kier alpha value is -3.26. The standard InChI is InChI=1S/C20H20N4O4/c1-2-15-23-17(16-14(20(26)27)9-21-18(16)24-15)11-3-5-12(6-4-11)19(25)22-13-7-8-28-10-13/h3-6,9,13H,2,7-8,10H2,1H3,(H,22,25)(H,26,27)(H,21,23,24). The number of aromatic carboxylic acids is 1. The van der Waals surface area contributed by atoms with E-state index in [1.165, 1.54) is 6.20 Å². The molecule has 8 heteroatoms. The van der Waals surface area contributed by atoms with Gasteiger partial charge in [0.25, 0.3) is 5.91 Å². The van der Waals surface area contributed by atoms with Crippen molar-refractivity contribution < 1.29 is 19.4 Å². The summed E-state index contributed by atoms with van der Waals surface area (Å²) < 4.78 is 5.28.